The molecular formula is C20H19NO3. The lowest BCUT2D eigenvalue weighted by atomic mass is 9.94. The van der Waals surface area contributed by atoms with Crippen LogP contribution < -0.4 is 4.74 Å². The smallest absolute Gasteiger partial charge is 0.310 e. The van der Waals surface area contributed by atoms with Gasteiger partial charge in [-0.05, 0) is 23.9 Å². The van der Waals surface area contributed by atoms with E-state index in [1.165, 1.54) is 0 Å². The van der Waals surface area contributed by atoms with Crippen molar-refractivity contribution in [2.75, 3.05) is 7.11 Å². The Morgan fingerprint density at radius 2 is 1.79 bits per heavy atom. The average molecular weight is 321 g/mol. The molecule has 24 heavy (non-hydrogen) atoms. The minimum absolute atomic E-state index is 0.595. The van der Waals surface area contributed by atoms with E-state index in [4.69, 9.17) is 4.74 Å². The van der Waals surface area contributed by atoms with Crippen molar-refractivity contribution in [2.24, 2.45) is 0 Å². The Balaban J connectivity index is 2.10. The summed E-state index contributed by atoms with van der Waals surface area (Å²) < 4.78 is 5.42. The molecule has 0 amide bonds. The van der Waals surface area contributed by atoms with Crippen LogP contribution in [0.3, 0.4) is 0 Å². The molecule has 4 nitrogen and oxygen atoms in total. The molecule has 0 fully saturated rings. The normalized spacial score (nSPS) is 12.1. The number of carbonyl (C=O) groups is 1. The number of fused-ring (bicyclic) bond motifs is 1. The zero-order chi connectivity index (χ0) is 17.1. The molecule has 0 bridgehead atoms. The van der Waals surface area contributed by atoms with E-state index in [9.17, 15) is 9.90 Å². The van der Waals surface area contributed by atoms with Crippen LogP contribution in [0.5, 0.6) is 5.75 Å². The lowest BCUT2D eigenvalue weighted by Crippen LogP contribution is -2.09. The van der Waals surface area contributed by atoms with Crippen LogP contribution in [0.1, 0.15) is 29.7 Å². The first-order valence-electron chi connectivity index (χ1n) is 7.83. The van der Waals surface area contributed by atoms with E-state index < -0.39 is 11.9 Å². The van der Waals surface area contributed by atoms with Gasteiger partial charge in [-0.25, -0.2) is 0 Å². The van der Waals surface area contributed by atoms with Gasteiger partial charge < -0.3 is 9.84 Å². The maximum atomic E-state index is 11.4. The molecule has 0 saturated carbocycles. The summed E-state index contributed by atoms with van der Waals surface area (Å²) in [7, 11) is 1.65. The number of hydrogen-bond donors (Lipinski definition) is 1. The standard InChI is InChI=1S/C20H19NO3/c1-13(20(22)23)17-12-21-18(16-9-5-4-8-15(16)17)11-14-7-3-6-10-19(14)24-2/h3-10,12-13H,11H2,1-2H3,(H,22,23). The Hall–Kier alpha value is -2.88. The molecular weight excluding hydrogens is 302 g/mol. The zero-order valence-electron chi connectivity index (χ0n) is 13.7. The second-order valence-corrected chi connectivity index (χ2v) is 5.75. The summed E-state index contributed by atoms with van der Waals surface area (Å²) in [6.45, 7) is 1.69. The van der Waals surface area contributed by atoms with E-state index in [0.29, 0.717) is 6.42 Å². The van der Waals surface area contributed by atoms with Gasteiger partial charge in [-0.1, -0.05) is 42.5 Å². The van der Waals surface area contributed by atoms with Gasteiger partial charge >= 0.3 is 5.97 Å². The number of hydrogen-bond acceptors (Lipinski definition) is 3. The number of carboxylic acid groups (broad SMARTS) is 1. The van der Waals surface area contributed by atoms with Crippen LogP contribution >= 0.6 is 0 Å². The third-order valence-electron chi connectivity index (χ3n) is 4.30. The van der Waals surface area contributed by atoms with E-state index in [0.717, 1.165) is 33.3 Å². The monoisotopic (exact) mass is 321 g/mol. The third-order valence-corrected chi connectivity index (χ3v) is 4.30. The van der Waals surface area contributed by atoms with Gasteiger partial charge in [0.1, 0.15) is 5.75 Å². The van der Waals surface area contributed by atoms with Crippen LogP contribution in [0.2, 0.25) is 0 Å². The Bertz CT molecular complexity index is 889. The fraction of sp³-hybridized carbons (Fsp3) is 0.200. The predicted octanol–water partition coefficient (Wildman–Crippen LogP) is 4.02. The largest absolute Gasteiger partial charge is 0.496 e. The van der Waals surface area contributed by atoms with Crippen molar-refractivity contribution in [1.82, 2.24) is 4.98 Å². The summed E-state index contributed by atoms with van der Waals surface area (Å²) in [5.41, 5.74) is 2.70. The summed E-state index contributed by atoms with van der Waals surface area (Å²) in [5, 5.41) is 11.2. The van der Waals surface area contributed by atoms with E-state index >= 15 is 0 Å². The van der Waals surface area contributed by atoms with Gasteiger partial charge in [0.15, 0.2) is 0 Å². The van der Waals surface area contributed by atoms with E-state index in [1.54, 1.807) is 20.2 Å². The van der Waals surface area contributed by atoms with Gasteiger partial charge in [0.05, 0.1) is 18.7 Å². The van der Waals surface area contributed by atoms with Crippen molar-refractivity contribution in [1.29, 1.82) is 0 Å². The molecule has 1 atom stereocenters. The topological polar surface area (TPSA) is 59.4 Å². The van der Waals surface area contributed by atoms with Gasteiger partial charge in [-0.15, -0.1) is 0 Å². The summed E-state index contributed by atoms with van der Waals surface area (Å²) in [5.74, 6) is -0.617. The van der Waals surface area contributed by atoms with E-state index in [2.05, 4.69) is 4.98 Å². The highest BCUT2D eigenvalue weighted by Crippen LogP contribution is 2.29. The van der Waals surface area contributed by atoms with Crippen LogP contribution in [0.25, 0.3) is 10.8 Å². The summed E-state index contributed by atoms with van der Waals surface area (Å²) in [4.78, 5) is 15.9. The molecule has 2 aromatic carbocycles. The molecule has 0 spiro atoms. The predicted molar refractivity (Wildman–Crippen MR) is 93.6 cm³/mol. The quantitative estimate of drug-likeness (QED) is 0.771. The number of nitrogens with zero attached hydrogens (tertiary/aromatic N) is 1. The SMILES string of the molecule is COc1ccccc1Cc1ncc(C(C)C(=O)O)c2ccccc12. The maximum absolute atomic E-state index is 11.4. The Morgan fingerprint density at radius 1 is 1.12 bits per heavy atom. The molecule has 0 saturated heterocycles. The number of rotatable bonds is 5. The van der Waals surface area contributed by atoms with Crippen molar-refractivity contribution < 1.29 is 14.6 Å². The van der Waals surface area contributed by atoms with E-state index in [-0.39, 0.29) is 0 Å². The minimum Gasteiger partial charge on any atom is -0.496 e. The molecule has 1 heterocycles. The Morgan fingerprint density at radius 3 is 2.50 bits per heavy atom. The number of methoxy groups -OCH3 is 1. The second kappa shape index (κ2) is 6.71. The first kappa shape index (κ1) is 16.0. The van der Waals surface area contributed by atoms with Crippen LogP contribution in [0, 0.1) is 0 Å². The molecule has 1 aromatic heterocycles. The summed E-state index contributed by atoms with van der Waals surface area (Å²) >= 11 is 0. The molecule has 0 radical (unpaired) electrons. The van der Waals surface area contributed by atoms with Crippen LogP contribution in [0.15, 0.2) is 54.7 Å². The van der Waals surface area contributed by atoms with Gasteiger partial charge in [-0.2, -0.15) is 0 Å². The summed E-state index contributed by atoms with van der Waals surface area (Å²) in [6, 6.07) is 15.7. The van der Waals surface area contributed by atoms with Gasteiger partial charge in [-0.3, -0.25) is 9.78 Å². The highest BCUT2D eigenvalue weighted by atomic mass is 16.5. The van der Waals surface area contributed by atoms with E-state index in [1.807, 2.05) is 48.5 Å². The number of pyridine rings is 1. The number of aliphatic carboxylic acids is 1. The van der Waals surface area contributed by atoms with Crippen molar-refractivity contribution in [3.63, 3.8) is 0 Å². The average Bonchev–Trinajstić information content (AvgIpc) is 2.62. The number of para-hydroxylation sites is 1. The van der Waals surface area contributed by atoms with Gasteiger partial charge in [0.2, 0.25) is 0 Å². The first-order chi connectivity index (χ1) is 11.6. The Labute approximate surface area is 140 Å². The molecule has 122 valence electrons. The van der Waals surface area contributed by atoms with Crippen molar-refractivity contribution >= 4 is 16.7 Å². The summed E-state index contributed by atoms with van der Waals surface area (Å²) in [6.07, 6.45) is 2.32. The number of ether oxygens (including phenoxy) is 1. The van der Waals surface area contributed by atoms with Crippen molar-refractivity contribution in [3.8, 4) is 5.75 Å². The van der Waals surface area contributed by atoms with Crippen LogP contribution in [0.4, 0.5) is 0 Å². The van der Waals surface area contributed by atoms with Crippen LogP contribution in [-0.4, -0.2) is 23.2 Å². The molecule has 0 aliphatic rings. The lowest BCUT2D eigenvalue weighted by molar-refractivity contribution is -0.138. The lowest BCUT2D eigenvalue weighted by Gasteiger charge is -2.14. The molecule has 4 heteroatoms. The molecule has 3 rings (SSSR count). The molecule has 3 aromatic rings. The molecule has 1 N–H and O–H groups in total. The van der Waals surface area contributed by atoms with Gasteiger partial charge in [0.25, 0.3) is 0 Å². The third kappa shape index (κ3) is 2.95. The number of carboxylic acids is 1. The minimum atomic E-state index is -0.848. The number of benzene rings is 2. The highest BCUT2D eigenvalue weighted by Gasteiger charge is 2.18. The fourth-order valence-electron chi connectivity index (χ4n) is 2.92. The maximum Gasteiger partial charge on any atom is 0.310 e. The second-order valence-electron chi connectivity index (χ2n) is 5.75. The molecule has 0 aliphatic carbocycles. The fourth-order valence-corrected chi connectivity index (χ4v) is 2.92. The van der Waals surface area contributed by atoms with Crippen molar-refractivity contribution in [3.05, 3.63) is 71.5 Å². The van der Waals surface area contributed by atoms with Crippen molar-refractivity contribution in [2.45, 2.75) is 19.3 Å². The van der Waals surface area contributed by atoms with Crippen LogP contribution in [-0.2, 0) is 11.2 Å². The Kier molecular flexibility index (Phi) is 4.47. The molecule has 0 aliphatic heterocycles. The molecule has 1 unspecified atom stereocenters. The zero-order valence-corrected chi connectivity index (χ0v) is 13.7. The first-order valence-corrected chi connectivity index (χ1v) is 7.83. The van der Waals surface area contributed by atoms with Gasteiger partial charge in [0, 0.05) is 23.6 Å². The highest BCUT2D eigenvalue weighted by molar-refractivity contribution is 5.91. The number of aromatic nitrogens is 1.